The maximum absolute atomic E-state index is 11.6. The summed E-state index contributed by atoms with van der Waals surface area (Å²) in [5.41, 5.74) is 0. The van der Waals surface area contributed by atoms with E-state index >= 15 is 0 Å². The fourth-order valence-corrected chi connectivity index (χ4v) is 2.74. The van der Waals surface area contributed by atoms with E-state index in [0.29, 0.717) is 13.2 Å². The minimum absolute atomic E-state index is 0.0607. The lowest BCUT2D eigenvalue weighted by Crippen LogP contribution is -2.32. The Morgan fingerprint density at radius 3 is 2.62 bits per heavy atom. The molecule has 0 aromatic heterocycles. The Morgan fingerprint density at radius 1 is 1.12 bits per heavy atom. The summed E-state index contributed by atoms with van der Waals surface area (Å²) < 4.78 is 10.7. The van der Waals surface area contributed by atoms with Gasteiger partial charge in [0.15, 0.2) is 6.29 Å². The molecule has 16 heavy (non-hydrogen) atoms. The maximum Gasteiger partial charge on any atom is 0.294 e. The summed E-state index contributed by atoms with van der Waals surface area (Å²) in [6.45, 7) is 0.898. The molecule has 6 nitrogen and oxygen atoms in total. The van der Waals surface area contributed by atoms with Gasteiger partial charge in [0, 0.05) is 11.8 Å². The number of ether oxygens (including phenoxy) is 2. The minimum atomic E-state index is -0.871. The topological polar surface area (TPSA) is 81.7 Å². The molecule has 0 spiro atoms. The number of carbonyl (C=O) groups excluding carboxylic acids is 3. The number of imide groups is 1. The smallest absolute Gasteiger partial charge is 0.294 e. The van der Waals surface area contributed by atoms with Crippen LogP contribution >= 0.6 is 0 Å². The summed E-state index contributed by atoms with van der Waals surface area (Å²) in [4.78, 5) is 34.2. The quantitative estimate of drug-likeness (QED) is 0.346. The average Bonchev–Trinajstić information content (AvgIpc) is 2.86. The number of nitrogens with one attached hydrogen (secondary N) is 1. The number of ketones is 1. The molecule has 3 saturated heterocycles. The molecule has 3 aliphatic rings. The van der Waals surface area contributed by atoms with E-state index in [1.807, 2.05) is 5.32 Å². The molecule has 4 atom stereocenters. The number of hydrogen-bond donors (Lipinski definition) is 1. The second-order valence-electron chi connectivity index (χ2n) is 4.35. The fraction of sp³-hybridized carbons (Fsp3) is 0.700. The Labute approximate surface area is 91.3 Å². The van der Waals surface area contributed by atoms with E-state index in [1.165, 1.54) is 0 Å². The molecule has 1 unspecified atom stereocenters. The molecule has 86 valence electrons. The molecular weight excluding hydrogens is 214 g/mol. The number of fused-ring (bicyclic) bond motifs is 1. The number of Topliss-reactive ketones (excluding diaryl/α,β-unsaturated/α-hetero) is 1. The molecule has 0 aromatic carbocycles. The standard InChI is InChI=1S/C10H11NO5/c12-7-6(8(13)11-9(7)14)5-3-16-10-4(5)1-2-15-10/h4-6,10H,1-3H2,(H,11,13,14)/t4-,5+,6?,10+/m0/s1. The Hall–Kier alpha value is -1.27. The zero-order valence-corrected chi connectivity index (χ0v) is 8.47. The van der Waals surface area contributed by atoms with Crippen LogP contribution in [0.5, 0.6) is 0 Å². The SMILES string of the molecule is O=C1NC(=O)C([C@@H]2CO[C@H]3OCC[C@H]32)C1=O. The van der Waals surface area contributed by atoms with Crippen molar-refractivity contribution in [3.63, 3.8) is 0 Å². The van der Waals surface area contributed by atoms with Crippen molar-refractivity contribution >= 4 is 17.6 Å². The summed E-state index contributed by atoms with van der Waals surface area (Å²) >= 11 is 0. The number of rotatable bonds is 1. The molecule has 0 bridgehead atoms. The number of hydrogen-bond acceptors (Lipinski definition) is 5. The van der Waals surface area contributed by atoms with Crippen molar-refractivity contribution in [3.05, 3.63) is 0 Å². The summed E-state index contributed by atoms with van der Waals surface area (Å²) in [5, 5.41) is 2.05. The van der Waals surface area contributed by atoms with Gasteiger partial charge >= 0.3 is 0 Å². The van der Waals surface area contributed by atoms with Gasteiger partial charge in [-0.1, -0.05) is 0 Å². The predicted molar refractivity (Wildman–Crippen MR) is 48.9 cm³/mol. The third-order valence-corrected chi connectivity index (χ3v) is 3.54. The van der Waals surface area contributed by atoms with Gasteiger partial charge in [-0.15, -0.1) is 0 Å². The van der Waals surface area contributed by atoms with Gasteiger partial charge in [0.25, 0.3) is 5.91 Å². The molecule has 1 N–H and O–H groups in total. The number of carbonyl (C=O) groups is 3. The van der Waals surface area contributed by atoms with E-state index < -0.39 is 23.5 Å². The van der Waals surface area contributed by atoms with Crippen LogP contribution < -0.4 is 5.32 Å². The Morgan fingerprint density at radius 2 is 1.94 bits per heavy atom. The Kier molecular flexibility index (Phi) is 2.08. The van der Waals surface area contributed by atoms with Crippen LogP contribution in [0.15, 0.2) is 0 Å². The summed E-state index contributed by atoms with van der Waals surface area (Å²) in [5.74, 6) is -2.94. The molecule has 6 heteroatoms. The first-order valence-corrected chi connectivity index (χ1v) is 5.30. The molecule has 2 amide bonds. The zero-order chi connectivity index (χ0) is 11.3. The van der Waals surface area contributed by atoms with Gasteiger partial charge in [-0.2, -0.15) is 0 Å². The third kappa shape index (κ3) is 1.23. The van der Waals surface area contributed by atoms with E-state index in [-0.39, 0.29) is 18.1 Å². The van der Waals surface area contributed by atoms with Gasteiger partial charge in [0.05, 0.1) is 13.2 Å². The second kappa shape index (κ2) is 3.36. The Balaban J connectivity index is 1.85. The number of amides is 2. The van der Waals surface area contributed by atoms with Crippen LogP contribution in [0, 0.1) is 17.8 Å². The molecule has 3 aliphatic heterocycles. The van der Waals surface area contributed by atoms with Gasteiger partial charge in [0.2, 0.25) is 11.7 Å². The first-order valence-electron chi connectivity index (χ1n) is 5.30. The van der Waals surface area contributed by atoms with Crippen LogP contribution in [0.1, 0.15) is 6.42 Å². The van der Waals surface area contributed by atoms with Crippen LogP contribution in [0.25, 0.3) is 0 Å². The lowest BCUT2D eigenvalue weighted by Gasteiger charge is -2.17. The highest BCUT2D eigenvalue weighted by atomic mass is 16.7. The summed E-state index contributed by atoms with van der Waals surface area (Å²) in [6, 6.07) is 0. The van der Waals surface area contributed by atoms with Crippen molar-refractivity contribution in [1.29, 1.82) is 0 Å². The van der Waals surface area contributed by atoms with E-state index in [0.717, 1.165) is 6.42 Å². The van der Waals surface area contributed by atoms with Crippen LogP contribution in [0.3, 0.4) is 0 Å². The van der Waals surface area contributed by atoms with Crippen LogP contribution in [-0.2, 0) is 23.9 Å². The van der Waals surface area contributed by atoms with Gasteiger partial charge < -0.3 is 9.47 Å². The molecule has 0 aromatic rings. The van der Waals surface area contributed by atoms with Crippen molar-refractivity contribution in [3.8, 4) is 0 Å². The van der Waals surface area contributed by atoms with Gasteiger partial charge in [0.1, 0.15) is 5.92 Å². The van der Waals surface area contributed by atoms with E-state index in [4.69, 9.17) is 9.47 Å². The third-order valence-electron chi connectivity index (χ3n) is 3.54. The summed E-state index contributed by atoms with van der Waals surface area (Å²) in [7, 11) is 0. The largest absolute Gasteiger partial charge is 0.352 e. The van der Waals surface area contributed by atoms with Gasteiger partial charge in [-0.25, -0.2) is 0 Å². The van der Waals surface area contributed by atoms with Crippen LogP contribution in [0.2, 0.25) is 0 Å². The molecular formula is C10H11NO5. The van der Waals surface area contributed by atoms with Gasteiger partial charge in [-0.05, 0) is 6.42 Å². The lowest BCUT2D eigenvalue weighted by atomic mass is 9.81. The van der Waals surface area contributed by atoms with Crippen molar-refractivity contribution in [2.75, 3.05) is 13.2 Å². The highest BCUT2D eigenvalue weighted by molar-refractivity contribution is 6.48. The van der Waals surface area contributed by atoms with Gasteiger partial charge in [-0.3, -0.25) is 19.7 Å². The predicted octanol–water partition coefficient (Wildman–Crippen LogP) is -1.16. The van der Waals surface area contributed by atoms with Crippen LogP contribution in [-0.4, -0.2) is 37.1 Å². The highest BCUT2D eigenvalue weighted by Crippen LogP contribution is 2.40. The molecule has 0 saturated carbocycles. The van der Waals surface area contributed by atoms with E-state index in [1.54, 1.807) is 0 Å². The van der Waals surface area contributed by atoms with Crippen molar-refractivity contribution in [2.45, 2.75) is 12.7 Å². The first kappa shape index (κ1) is 9.92. The molecule has 3 heterocycles. The van der Waals surface area contributed by atoms with E-state index in [2.05, 4.69) is 0 Å². The van der Waals surface area contributed by atoms with Crippen LogP contribution in [0.4, 0.5) is 0 Å². The summed E-state index contributed by atoms with van der Waals surface area (Å²) in [6.07, 6.45) is 0.474. The monoisotopic (exact) mass is 225 g/mol. The van der Waals surface area contributed by atoms with E-state index in [9.17, 15) is 14.4 Å². The first-order chi connectivity index (χ1) is 7.68. The second-order valence-corrected chi connectivity index (χ2v) is 4.35. The fourth-order valence-electron chi connectivity index (χ4n) is 2.74. The molecule has 0 radical (unpaired) electrons. The molecule has 0 aliphatic carbocycles. The molecule has 3 fully saturated rings. The van der Waals surface area contributed by atoms with Crippen molar-refractivity contribution < 1.29 is 23.9 Å². The van der Waals surface area contributed by atoms with Crippen molar-refractivity contribution in [2.24, 2.45) is 17.8 Å². The maximum atomic E-state index is 11.6. The van der Waals surface area contributed by atoms with Crippen molar-refractivity contribution in [1.82, 2.24) is 5.32 Å². The highest BCUT2D eigenvalue weighted by Gasteiger charge is 2.53. The normalized spacial score (nSPS) is 42.6. The minimum Gasteiger partial charge on any atom is -0.352 e. The Bertz CT molecular complexity index is 379. The molecule has 3 rings (SSSR count). The average molecular weight is 225 g/mol. The zero-order valence-electron chi connectivity index (χ0n) is 8.47. The lowest BCUT2D eigenvalue weighted by molar-refractivity contribution is -0.137.